The molecular weight excluding hydrogens is 382 g/mol. The highest BCUT2D eigenvalue weighted by atomic mass is 16.6. The van der Waals surface area contributed by atoms with Crippen molar-refractivity contribution in [2.45, 2.75) is 44.1 Å². The number of nitrogens with zero attached hydrogens (tertiary/aromatic N) is 1. The average molecular weight is 409 g/mol. The third-order valence-corrected chi connectivity index (χ3v) is 4.78. The van der Waals surface area contributed by atoms with E-state index in [2.05, 4.69) is 10.5 Å². The van der Waals surface area contributed by atoms with E-state index in [-0.39, 0.29) is 25.5 Å². The SMILES string of the molecule is N[C@@H](CC[C@](O)(Cc1ccccc1)NC(=O)OCc1ccno1)Cc1ccccc1. The van der Waals surface area contributed by atoms with Crippen molar-refractivity contribution >= 4 is 6.09 Å². The Hall–Kier alpha value is -3.16. The van der Waals surface area contributed by atoms with Crippen molar-refractivity contribution in [1.82, 2.24) is 10.5 Å². The van der Waals surface area contributed by atoms with Crippen molar-refractivity contribution in [3.8, 4) is 0 Å². The van der Waals surface area contributed by atoms with Crippen LogP contribution in [0, 0.1) is 0 Å². The molecule has 0 fully saturated rings. The molecule has 0 aliphatic rings. The topological polar surface area (TPSA) is 111 Å². The zero-order valence-electron chi connectivity index (χ0n) is 16.7. The van der Waals surface area contributed by atoms with Crippen LogP contribution < -0.4 is 11.1 Å². The fourth-order valence-corrected chi connectivity index (χ4v) is 3.25. The lowest BCUT2D eigenvalue weighted by Crippen LogP contribution is -2.51. The Morgan fingerprint density at radius 3 is 2.40 bits per heavy atom. The number of ether oxygens (including phenoxy) is 1. The van der Waals surface area contributed by atoms with E-state index >= 15 is 0 Å². The molecular formula is C23H27N3O4. The first-order valence-corrected chi connectivity index (χ1v) is 9.93. The Bertz CT molecular complexity index is 887. The minimum absolute atomic E-state index is 0.0687. The molecule has 1 heterocycles. The van der Waals surface area contributed by atoms with E-state index in [4.69, 9.17) is 15.0 Å². The number of hydrogen-bond acceptors (Lipinski definition) is 6. The van der Waals surface area contributed by atoms with Gasteiger partial charge in [-0.15, -0.1) is 0 Å². The highest BCUT2D eigenvalue weighted by molar-refractivity contribution is 5.68. The van der Waals surface area contributed by atoms with E-state index in [1.165, 1.54) is 6.20 Å². The summed E-state index contributed by atoms with van der Waals surface area (Å²) >= 11 is 0. The van der Waals surface area contributed by atoms with Gasteiger partial charge in [-0.05, 0) is 30.4 Å². The Kier molecular flexibility index (Phi) is 7.59. The number of carbonyl (C=O) groups excluding carboxylic acids is 1. The van der Waals surface area contributed by atoms with Gasteiger partial charge in [0, 0.05) is 18.5 Å². The summed E-state index contributed by atoms with van der Waals surface area (Å²) in [5.41, 5.74) is 6.82. The quantitative estimate of drug-likeness (QED) is 0.444. The lowest BCUT2D eigenvalue weighted by molar-refractivity contribution is -0.00815. The first-order valence-electron chi connectivity index (χ1n) is 9.93. The van der Waals surface area contributed by atoms with Gasteiger partial charge in [0.15, 0.2) is 12.4 Å². The second-order valence-electron chi connectivity index (χ2n) is 7.36. The standard InChI is InChI=1S/C23H27N3O4/c24-20(15-18-7-3-1-4-8-18)11-13-23(28,16-19-9-5-2-6-10-19)26-22(27)29-17-21-12-14-25-30-21/h1-10,12,14,20,28H,11,13,15-17,24H2,(H,26,27)/t20-,23-/m0/s1. The number of rotatable bonds is 10. The average Bonchev–Trinajstić information content (AvgIpc) is 3.26. The number of carbonyl (C=O) groups is 1. The van der Waals surface area contributed by atoms with Crippen LogP contribution in [0.15, 0.2) is 77.4 Å². The van der Waals surface area contributed by atoms with E-state index < -0.39 is 11.8 Å². The van der Waals surface area contributed by atoms with Crippen LogP contribution in [0.2, 0.25) is 0 Å². The fraction of sp³-hybridized carbons (Fsp3) is 0.304. The lowest BCUT2D eigenvalue weighted by Gasteiger charge is -2.30. The van der Waals surface area contributed by atoms with Crippen molar-refractivity contribution in [2.24, 2.45) is 5.73 Å². The summed E-state index contributed by atoms with van der Waals surface area (Å²) in [5.74, 6) is 0.418. The number of aromatic nitrogens is 1. The largest absolute Gasteiger partial charge is 0.441 e. The molecule has 0 unspecified atom stereocenters. The lowest BCUT2D eigenvalue weighted by atomic mass is 9.94. The van der Waals surface area contributed by atoms with Crippen molar-refractivity contribution < 1.29 is 19.2 Å². The molecule has 0 radical (unpaired) electrons. The summed E-state index contributed by atoms with van der Waals surface area (Å²) in [4.78, 5) is 12.3. The smallest absolute Gasteiger partial charge is 0.409 e. The number of benzene rings is 2. The third kappa shape index (κ3) is 7.02. The summed E-state index contributed by atoms with van der Waals surface area (Å²) in [6, 6.07) is 20.9. The molecule has 7 nitrogen and oxygen atoms in total. The zero-order valence-corrected chi connectivity index (χ0v) is 16.7. The normalized spacial score (nSPS) is 13.9. The van der Waals surface area contributed by atoms with Gasteiger partial charge in [-0.3, -0.25) is 5.32 Å². The monoisotopic (exact) mass is 409 g/mol. The van der Waals surface area contributed by atoms with Crippen molar-refractivity contribution in [3.05, 3.63) is 89.8 Å². The Balaban J connectivity index is 1.60. The maximum atomic E-state index is 12.3. The summed E-state index contributed by atoms with van der Waals surface area (Å²) < 4.78 is 10.1. The van der Waals surface area contributed by atoms with Gasteiger partial charge in [-0.25, -0.2) is 4.79 Å². The van der Waals surface area contributed by atoms with Crippen LogP contribution in [-0.2, 0) is 24.2 Å². The van der Waals surface area contributed by atoms with Gasteiger partial charge in [0.2, 0.25) is 0 Å². The molecule has 0 spiro atoms. The van der Waals surface area contributed by atoms with E-state index in [9.17, 15) is 9.90 Å². The van der Waals surface area contributed by atoms with Crippen molar-refractivity contribution in [1.29, 1.82) is 0 Å². The number of nitrogens with one attached hydrogen (secondary N) is 1. The Morgan fingerprint density at radius 2 is 1.77 bits per heavy atom. The number of alkyl carbamates (subject to hydrolysis) is 1. The number of aliphatic hydroxyl groups is 1. The molecule has 30 heavy (non-hydrogen) atoms. The van der Waals surface area contributed by atoms with E-state index in [0.29, 0.717) is 18.6 Å². The second kappa shape index (κ2) is 10.6. The molecule has 0 aliphatic heterocycles. The van der Waals surface area contributed by atoms with Gasteiger partial charge < -0.3 is 20.1 Å². The molecule has 0 aliphatic carbocycles. The first kappa shape index (κ1) is 21.5. The molecule has 7 heteroatoms. The molecule has 158 valence electrons. The fourth-order valence-electron chi connectivity index (χ4n) is 3.25. The van der Waals surface area contributed by atoms with Crippen molar-refractivity contribution in [3.63, 3.8) is 0 Å². The zero-order chi connectivity index (χ0) is 21.2. The summed E-state index contributed by atoms with van der Waals surface area (Å²) in [7, 11) is 0. The van der Waals surface area contributed by atoms with E-state index in [1.807, 2.05) is 60.7 Å². The maximum Gasteiger partial charge on any atom is 0.409 e. The second-order valence-corrected chi connectivity index (χ2v) is 7.36. The number of hydrogen-bond donors (Lipinski definition) is 3. The van der Waals surface area contributed by atoms with Gasteiger partial charge in [0.25, 0.3) is 0 Å². The Morgan fingerprint density at radius 1 is 1.10 bits per heavy atom. The van der Waals surface area contributed by atoms with E-state index in [1.54, 1.807) is 6.07 Å². The molecule has 0 saturated carbocycles. The molecule has 2 aromatic carbocycles. The van der Waals surface area contributed by atoms with Crippen LogP contribution in [0.4, 0.5) is 4.79 Å². The predicted molar refractivity (Wildman–Crippen MR) is 112 cm³/mol. The molecule has 3 aromatic rings. The van der Waals surface area contributed by atoms with Crippen LogP contribution in [-0.4, -0.2) is 28.1 Å². The van der Waals surface area contributed by atoms with Crippen LogP contribution in [0.25, 0.3) is 0 Å². The molecule has 3 rings (SSSR count). The predicted octanol–water partition coefficient (Wildman–Crippen LogP) is 3.18. The van der Waals surface area contributed by atoms with Gasteiger partial charge in [-0.1, -0.05) is 65.8 Å². The minimum atomic E-state index is -1.49. The summed E-state index contributed by atoms with van der Waals surface area (Å²) in [6.07, 6.45) is 2.48. The Labute approximate surface area is 175 Å². The molecule has 4 N–H and O–H groups in total. The van der Waals surface area contributed by atoms with Gasteiger partial charge in [-0.2, -0.15) is 0 Å². The van der Waals surface area contributed by atoms with E-state index in [0.717, 1.165) is 11.1 Å². The van der Waals surface area contributed by atoms with Gasteiger partial charge >= 0.3 is 6.09 Å². The molecule has 2 atom stereocenters. The van der Waals surface area contributed by atoms with Gasteiger partial charge in [0.1, 0.15) is 5.72 Å². The maximum absolute atomic E-state index is 12.3. The van der Waals surface area contributed by atoms with Crippen LogP contribution in [0.5, 0.6) is 0 Å². The summed E-state index contributed by atoms with van der Waals surface area (Å²) in [5, 5.41) is 17.4. The highest BCUT2D eigenvalue weighted by Gasteiger charge is 2.30. The molecule has 0 bridgehead atoms. The van der Waals surface area contributed by atoms with Crippen molar-refractivity contribution in [2.75, 3.05) is 0 Å². The third-order valence-electron chi connectivity index (χ3n) is 4.78. The summed E-state index contributed by atoms with van der Waals surface area (Å²) in [6.45, 7) is -0.0687. The first-order chi connectivity index (χ1) is 14.5. The molecule has 1 amide bonds. The van der Waals surface area contributed by atoms with Crippen LogP contribution >= 0.6 is 0 Å². The molecule has 1 aromatic heterocycles. The molecule has 0 saturated heterocycles. The highest BCUT2D eigenvalue weighted by Crippen LogP contribution is 2.19. The van der Waals surface area contributed by atoms with Crippen LogP contribution in [0.1, 0.15) is 29.7 Å². The number of amides is 1. The minimum Gasteiger partial charge on any atom is -0.441 e. The number of nitrogens with two attached hydrogens (primary N) is 1. The van der Waals surface area contributed by atoms with Gasteiger partial charge in [0.05, 0.1) is 6.20 Å². The van der Waals surface area contributed by atoms with Crippen LogP contribution in [0.3, 0.4) is 0 Å².